The van der Waals surface area contributed by atoms with Crippen LogP contribution < -0.4 is 11.5 Å². The van der Waals surface area contributed by atoms with Crippen molar-refractivity contribution in [3.8, 4) is 0 Å². The summed E-state index contributed by atoms with van der Waals surface area (Å²) in [7, 11) is 0. The zero-order valence-electron chi connectivity index (χ0n) is 9.68. The highest BCUT2D eigenvalue weighted by molar-refractivity contribution is 6.36. The first-order valence-electron chi connectivity index (χ1n) is 5.35. The van der Waals surface area contributed by atoms with Gasteiger partial charge in [-0.15, -0.1) is 0 Å². The second-order valence-corrected chi connectivity index (χ2v) is 5.74. The average Bonchev–Trinajstić information content (AvgIpc) is 2.32. The van der Waals surface area contributed by atoms with Crippen molar-refractivity contribution in [2.45, 2.75) is 6.42 Å². The summed E-state index contributed by atoms with van der Waals surface area (Å²) in [4.78, 5) is 0. The van der Waals surface area contributed by atoms with E-state index in [2.05, 4.69) is 0 Å². The van der Waals surface area contributed by atoms with Crippen molar-refractivity contribution in [2.24, 2.45) is 0 Å². The number of anilines is 2. The maximum atomic E-state index is 6.14. The molecule has 0 spiro atoms. The summed E-state index contributed by atoms with van der Waals surface area (Å²) in [6.07, 6.45) is 0.498. The van der Waals surface area contributed by atoms with Crippen molar-refractivity contribution >= 4 is 57.8 Å². The van der Waals surface area contributed by atoms with Gasteiger partial charge in [0.25, 0.3) is 0 Å². The lowest BCUT2D eigenvalue weighted by Gasteiger charge is -2.10. The number of nitrogens with two attached hydrogens (primary N) is 2. The average molecular weight is 336 g/mol. The Balaban J connectivity index is 2.42. The van der Waals surface area contributed by atoms with Gasteiger partial charge in [-0.1, -0.05) is 46.4 Å². The first kappa shape index (κ1) is 14.6. The van der Waals surface area contributed by atoms with Crippen LogP contribution in [0, 0.1) is 0 Å². The Kier molecular flexibility index (Phi) is 4.36. The molecule has 0 aromatic heterocycles. The highest BCUT2D eigenvalue weighted by Gasteiger charge is 2.10. The Bertz CT molecular complexity index is 586. The summed E-state index contributed by atoms with van der Waals surface area (Å²) in [5.74, 6) is 0. The van der Waals surface area contributed by atoms with Crippen LogP contribution >= 0.6 is 46.4 Å². The van der Waals surface area contributed by atoms with Gasteiger partial charge in [0.05, 0.1) is 21.4 Å². The number of rotatable bonds is 2. The second kappa shape index (κ2) is 5.68. The predicted molar refractivity (Wildman–Crippen MR) is 84.6 cm³/mol. The van der Waals surface area contributed by atoms with Crippen molar-refractivity contribution in [3.63, 3.8) is 0 Å². The Hall–Kier alpha value is -0.800. The van der Waals surface area contributed by atoms with E-state index in [0.717, 1.165) is 11.1 Å². The molecule has 0 radical (unpaired) electrons. The summed E-state index contributed by atoms with van der Waals surface area (Å²) in [6.45, 7) is 0. The van der Waals surface area contributed by atoms with Crippen molar-refractivity contribution < 1.29 is 0 Å². The van der Waals surface area contributed by atoms with E-state index in [1.165, 1.54) is 0 Å². The van der Waals surface area contributed by atoms with E-state index in [-0.39, 0.29) is 0 Å². The Labute approximate surface area is 131 Å². The lowest BCUT2D eigenvalue weighted by atomic mass is 10.0. The van der Waals surface area contributed by atoms with E-state index < -0.39 is 0 Å². The molecule has 0 aliphatic rings. The van der Waals surface area contributed by atoms with Crippen LogP contribution in [-0.4, -0.2) is 0 Å². The van der Waals surface area contributed by atoms with Gasteiger partial charge < -0.3 is 11.5 Å². The minimum atomic E-state index is 0.442. The monoisotopic (exact) mass is 334 g/mol. The molecule has 0 unspecified atom stereocenters. The van der Waals surface area contributed by atoms with Gasteiger partial charge >= 0.3 is 0 Å². The molecule has 100 valence electrons. The molecule has 0 saturated heterocycles. The van der Waals surface area contributed by atoms with Gasteiger partial charge in [0.15, 0.2) is 0 Å². The SMILES string of the molecule is Nc1cc(Cl)c(Cc2cc(Cl)c(N)cc2Cl)cc1Cl. The molecule has 0 atom stereocenters. The fourth-order valence-corrected chi connectivity index (χ4v) is 2.53. The normalized spacial score (nSPS) is 10.7. The topological polar surface area (TPSA) is 52.0 Å². The van der Waals surface area contributed by atoms with Gasteiger partial charge in [-0.2, -0.15) is 0 Å². The molecule has 0 aliphatic carbocycles. The number of nitrogen functional groups attached to an aromatic ring is 2. The molecule has 2 nitrogen and oxygen atoms in total. The molecular formula is C13H10Cl4N2. The second-order valence-electron chi connectivity index (χ2n) is 4.11. The van der Waals surface area contributed by atoms with Gasteiger partial charge in [0, 0.05) is 16.5 Å². The summed E-state index contributed by atoms with van der Waals surface area (Å²) in [5, 5.41) is 1.98. The molecule has 6 heteroatoms. The Morgan fingerprint density at radius 2 is 1.00 bits per heavy atom. The number of halogens is 4. The summed E-state index contributed by atoms with van der Waals surface area (Å²) < 4.78 is 0. The molecule has 4 N–H and O–H groups in total. The maximum absolute atomic E-state index is 6.14. The molecule has 19 heavy (non-hydrogen) atoms. The third-order valence-electron chi connectivity index (χ3n) is 2.71. The van der Waals surface area contributed by atoms with Crippen LogP contribution in [0.4, 0.5) is 11.4 Å². The maximum Gasteiger partial charge on any atom is 0.0639 e. The highest BCUT2D eigenvalue weighted by Crippen LogP contribution is 2.32. The van der Waals surface area contributed by atoms with Crippen LogP contribution in [0.2, 0.25) is 20.1 Å². The standard InChI is InChI=1S/C13H10Cl4N2/c14-8-4-12(18)10(16)2-6(8)1-7-3-11(17)13(19)5-9(7)15/h2-5H,1,18-19H2. The fraction of sp³-hybridized carbons (Fsp3) is 0.0769. The zero-order valence-corrected chi connectivity index (χ0v) is 12.7. The smallest absolute Gasteiger partial charge is 0.0639 e. The van der Waals surface area contributed by atoms with Gasteiger partial charge in [-0.3, -0.25) is 0 Å². The van der Waals surface area contributed by atoms with Crippen molar-refractivity contribution in [3.05, 3.63) is 55.5 Å². The van der Waals surface area contributed by atoms with Gasteiger partial charge in [-0.05, 0) is 35.4 Å². The first-order valence-corrected chi connectivity index (χ1v) is 6.86. The van der Waals surface area contributed by atoms with E-state index in [4.69, 9.17) is 57.9 Å². The Morgan fingerprint density at radius 3 is 1.37 bits per heavy atom. The molecule has 2 aromatic rings. The molecule has 0 aliphatic heterocycles. The largest absolute Gasteiger partial charge is 0.397 e. The van der Waals surface area contributed by atoms with Crippen LogP contribution in [0.15, 0.2) is 24.3 Å². The van der Waals surface area contributed by atoms with E-state index in [0.29, 0.717) is 37.9 Å². The first-order chi connectivity index (χ1) is 8.88. The summed E-state index contributed by atoms with van der Waals surface area (Å²) >= 11 is 24.2. The van der Waals surface area contributed by atoms with E-state index in [9.17, 15) is 0 Å². The van der Waals surface area contributed by atoms with Gasteiger partial charge in [-0.25, -0.2) is 0 Å². The summed E-state index contributed by atoms with van der Waals surface area (Å²) in [5.41, 5.74) is 13.9. The van der Waals surface area contributed by atoms with Crippen LogP contribution in [0.1, 0.15) is 11.1 Å². The molecule has 0 heterocycles. The predicted octanol–water partition coefficient (Wildman–Crippen LogP) is 5.06. The van der Waals surface area contributed by atoms with Gasteiger partial charge in [0.1, 0.15) is 0 Å². The molecule has 2 rings (SSSR count). The van der Waals surface area contributed by atoms with Gasteiger partial charge in [0.2, 0.25) is 0 Å². The molecule has 0 bridgehead atoms. The van der Waals surface area contributed by atoms with E-state index >= 15 is 0 Å². The van der Waals surface area contributed by atoms with E-state index in [1.807, 2.05) is 0 Å². The number of hydrogen-bond acceptors (Lipinski definition) is 2. The van der Waals surface area contributed by atoms with Crippen molar-refractivity contribution in [1.82, 2.24) is 0 Å². The minimum absolute atomic E-state index is 0.442. The quantitative estimate of drug-likeness (QED) is 0.754. The Morgan fingerprint density at radius 1 is 0.632 bits per heavy atom. The number of hydrogen-bond donors (Lipinski definition) is 2. The molecule has 0 fully saturated rings. The van der Waals surface area contributed by atoms with Crippen LogP contribution in [0.5, 0.6) is 0 Å². The fourth-order valence-electron chi connectivity index (χ4n) is 1.68. The minimum Gasteiger partial charge on any atom is -0.397 e. The molecular weight excluding hydrogens is 326 g/mol. The van der Waals surface area contributed by atoms with Crippen molar-refractivity contribution in [2.75, 3.05) is 11.5 Å². The third-order valence-corrected chi connectivity index (χ3v) is 4.07. The molecule has 0 amide bonds. The lowest BCUT2D eigenvalue weighted by Crippen LogP contribution is -1.96. The highest BCUT2D eigenvalue weighted by atomic mass is 35.5. The van der Waals surface area contributed by atoms with Crippen LogP contribution in [0.25, 0.3) is 0 Å². The molecule has 0 saturated carbocycles. The third kappa shape index (κ3) is 3.21. The van der Waals surface area contributed by atoms with Crippen LogP contribution in [-0.2, 0) is 6.42 Å². The van der Waals surface area contributed by atoms with E-state index in [1.54, 1.807) is 24.3 Å². The number of benzene rings is 2. The molecule has 2 aromatic carbocycles. The van der Waals surface area contributed by atoms with Crippen molar-refractivity contribution in [1.29, 1.82) is 0 Å². The lowest BCUT2D eigenvalue weighted by molar-refractivity contribution is 1.19. The summed E-state index contributed by atoms with van der Waals surface area (Å²) in [6, 6.07) is 6.68. The van der Waals surface area contributed by atoms with Crippen LogP contribution in [0.3, 0.4) is 0 Å². The zero-order chi connectivity index (χ0) is 14.2.